The predicted molar refractivity (Wildman–Crippen MR) is 103 cm³/mol. The fraction of sp³-hybridized carbons (Fsp3) is 0.611. The van der Waals surface area contributed by atoms with E-state index in [4.69, 9.17) is 0 Å². The molecule has 1 saturated heterocycles. The highest BCUT2D eigenvalue weighted by atomic mass is 32.2. The first-order valence-electron chi connectivity index (χ1n) is 9.11. The summed E-state index contributed by atoms with van der Waals surface area (Å²) in [5.74, 6) is 0.685. The molecule has 0 unspecified atom stereocenters. The number of hydrogen-bond donors (Lipinski definition) is 2. The Morgan fingerprint density at radius 3 is 2.39 bits per heavy atom. The number of hydrogen-bond acceptors (Lipinski definition) is 3. The maximum absolute atomic E-state index is 12.6. The van der Waals surface area contributed by atoms with Gasteiger partial charge in [0.1, 0.15) is 0 Å². The number of alkyl halides is 3. The molecule has 0 radical (unpaired) electrons. The van der Waals surface area contributed by atoms with Crippen LogP contribution in [0.5, 0.6) is 0 Å². The van der Waals surface area contributed by atoms with Crippen molar-refractivity contribution in [3.63, 3.8) is 0 Å². The maximum Gasteiger partial charge on any atom is 0.511 e. The number of aliphatic imine (C=N–C) groups is 1. The number of nitrogens with one attached hydrogen (secondary N) is 2. The first-order valence-corrected chi connectivity index (χ1v) is 10.6. The third kappa shape index (κ3) is 5.60. The molecule has 158 valence electrons. The number of nitrogens with zero attached hydrogens (tertiary/aromatic N) is 2. The van der Waals surface area contributed by atoms with Crippen molar-refractivity contribution in [2.24, 2.45) is 10.9 Å². The van der Waals surface area contributed by atoms with Crippen molar-refractivity contribution >= 4 is 16.0 Å². The highest BCUT2D eigenvalue weighted by molar-refractivity contribution is 7.90. The van der Waals surface area contributed by atoms with E-state index >= 15 is 0 Å². The Bertz CT molecular complexity index is 802. The fourth-order valence-electron chi connectivity index (χ4n) is 3.18. The van der Waals surface area contributed by atoms with Gasteiger partial charge >= 0.3 is 15.5 Å². The molecule has 2 rings (SSSR count). The van der Waals surface area contributed by atoms with Crippen LogP contribution in [-0.4, -0.2) is 50.9 Å². The van der Waals surface area contributed by atoms with E-state index in [1.165, 1.54) is 11.1 Å². The van der Waals surface area contributed by atoms with Gasteiger partial charge in [-0.1, -0.05) is 23.8 Å². The van der Waals surface area contributed by atoms with Crippen LogP contribution in [0.2, 0.25) is 0 Å². The first-order chi connectivity index (χ1) is 13.0. The zero-order chi connectivity index (χ0) is 20.9. The number of aryl methyl sites for hydroxylation is 2. The largest absolute Gasteiger partial charge is 0.511 e. The summed E-state index contributed by atoms with van der Waals surface area (Å²) in [7, 11) is -3.58. The number of sulfonamides is 1. The van der Waals surface area contributed by atoms with Crippen LogP contribution in [0.3, 0.4) is 0 Å². The van der Waals surface area contributed by atoms with Crippen molar-refractivity contribution < 1.29 is 21.6 Å². The van der Waals surface area contributed by atoms with Gasteiger partial charge in [0.05, 0.1) is 0 Å². The predicted octanol–water partition coefficient (Wildman–Crippen LogP) is 2.53. The second-order valence-corrected chi connectivity index (χ2v) is 8.96. The summed E-state index contributed by atoms with van der Waals surface area (Å²) in [6, 6.07) is 6.21. The Hall–Kier alpha value is -1.81. The van der Waals surface area contributed by atoms with Crippen molar-refractivity contribution in [2.45, 2.75) is 38.7 Å². The van der Waals surface area contributed by atoms with Crippen LogP contribution in [0, 0.1) is 19.8 Å². The molecule has 10 heteroatoms. The molecule has 0 aliphatic carbocycles. The van der Waals surface area contributed by atoms with Crippen LogP contribution in [0.4, 0.5) is 13.2 Å². The van der Waals surface area contributed by atoms with E-state index in [0.717, 1.165) is 5.56 Å². The van der Waals surface area contributed by atoms with Crippen LogP contribution in [0.1, 0.15) is 29.5 Å². The molecule has 1 aromatic carbocycles. The molecular formula is C18H27F3N4O2S. The van der Waals surface area contributed by atoms with Crippen LogP contribution in [0.25, 0.3) is 0 Å². The summed E-state index contributed by atoms with van der Waals surface area (Å²) >= 11 is 0. The van der Waals surface area contributed by atoms with Crippen molar-refractivity contribution in [3.05, 3.63) is 34.9 Å². The van der Waals surface area contributed by atoms with Gasteiger partial charge in [0.2, 0.25) is 0 Å². The van der Waals surface area contributed by atoms with E-state index in [9.17, 15) is 21.6 Å². The molecule has 1 heterocycles. The summed E-state index contributed by atoms with van der Waals surface area (Å²) in [6.07, 6.45) is 0.743. The summed E-state index contributed by atoms with van der Waals surface area (Å²) in [5.41, 5.74) is -1.71. The molecule has 0 bridgehead atoms. The van der Waals surface area contributed by atoms with E-state index in [1.54, 1.807) is 7.05 Å². The van der Waals surface area contributed by atoms with Crippen LogP contribution < -0.4 is 10.6 Å². The van der Waals surface area contributed by atoms with E-state index in [1.807, 2.05) is 19.9 Å². The third-order valence-corrected chi connectivity index (χ3v) is 6.56. The molecule has 0 atom stereocenters. The van der Waals surface area contributed by atoms with Crippen molar-refractivity contribution in [3.8, 4) is 0 Å². The fourth-order valence-corrected chi connectivity index (χ4v) is 4.17. The highest BCUT2D eigenvalue weighted by Crippen LogP contribution is 2.30. The smallest absolute Gasteiger partial charge is 0.356 e. The van der Waals surface area contributed by atoms with Gasteiger partial charge in [0, 0.05) is 33.2 Å². The normalized spacial score (nSPS) is 17.6. The molecule has 6 nitrogen and oxygen atoms in total. The maximum atomic E-state index is 12.6. The van der Waals surface area contributed by atoms with Crippen molar-refractivity contribution in [1.82, 2.24) is 14.9 Å². The first kappa shape index (κ1) is 22.5. The minimum absolute atomic E-state index is 0.0827. The summed E-state index contributed by atoms with van der Waals surface area (Å²) in [4.78, 5) is 4.16. The van der Waals surface area contributed by atoms with Gasteiger partial charge < -0.3 is 10.6 Å². The monoisotopic (exact) mass is 420 g/mol. The lowest BCUT2D eigenvalue weighted by molar-refractivity contribution is -0.0496. The van der Waals surface area contributed by atoms with Gasteiger partial charge in [0.25, 0.3) is 0 Å². The molecule has 1 aromatic rings. The van der Waals surface area contributed by atoms with Crippen molar-refractivity contribution in [2.75, 3.05) is 26.7 Å². The quantitative estimate of drug-likeness (QED) is 0.567. The van der Waals surface area contributed by atoms with E-state index in [0.29, 0.717) is 36.2 Å². The summed E-state index contributed by atoms with van der Waals surface area (Å²) < 4.78 is 61.3. The zero-order valence-electron chi connectivity index (χ0n) is 16.3. The summed E-state index contributed by atoms with van der Waals surface area (Å²) in [5, 5.41) is 6.40. The molecule has 0 aromatic heterocycles. The lowest BCUT2D eigenvalue weighted by atomic mass is 9.98. The lowest BCUT2D eigenvalue weighted by Crippen LogP contribution is -2.47. The molecule has 1 aliphatic rings. The van der Waals surface area contributed by atoms with Gasteiger partial charge in [-0.05, 0) is 43.7 Å². The number of rotatable bonds is 5. The number of benzene rings is 1. The van der Waals surface area contributed by atoms with Gasteiger partial charge in [-0.15, -0.1) is 0 Å². The number of piperidine rings is 1. The van der Waals surface area contributed by atoms with Crippen LogP contribution >= 0.6 is 0 Å². The van der Waals surface area contributed by atoms with E-state index < -0.39 is 15.5 Å². The molecular weight excluding hydrogens is 393 g/mol. The third-order valence-electron chi connectivity index (χ3n) is 4.93. The Morgan fingerprint density at radius 2 is 1.86 bits per heavy atom. The average molecular weight is 421 g/mol. The molecule has 1 fully saturated rings. The van der Waals surface area contributed by atoms with Gasteiger partial charge in [-0.25, -0.2) is 8.42 Å². The molecule has 2 N–H and O–H groups in total. The van der Waals surface area contributed by atoms with E-state index in [2.05, 4.69) is 27.8 Å². The Kier molecular flexibility index (Phi) is 7.33. The average Bonchev–Trinajstić information content (AvgIpc) is 2.62. The molecule has 0 spiro atoms. The number of guanidine groups is 1. The number of halogens is 3. The van der Waals surface area contributed by atoms with Crippen LogP contribution in [0.15, 0.2) is 23.2 Å². The Labute approximate surface area is 164 Å². The topological polar surface area (TPSA) is 73.8 Å². The van der Waals surface area contributed by atoms with Gasteiger partial charge in [-0.3, -0.25) is 4.99 Å². The zero-order valence-corrected chi connectivity index (χ0v) is 17.1. The minimum atomic E-state index is -5.24. The van der Waals surface area contributed by atoms with Crippen molar-refractivity contribution in [1.29, 1.82) is 0 Å². The summed E-state index contributed by atoms with van der Waals surface area (Å²) in [6.45, 7) is 4.96. The second kappa shape index (κ2) is 9.13. The lowest BCUT2D eigenvalue weighted by Gasteiger charge is -2.31. The van der Waals surface area contributed by atoms with E-state index in [-0.39, 0.29) is 19.0 Å². The standard InChI is InChI=1S/C18H27F3N4O2S/c1-13-4-5-16(14(2)10-13)12-24-17(22-3)23-11-15-6-8-25(9-7-15)28(26,27)18(19,20)21/h4-5,10,15H,6-9,11-12H2,1-3H3,(H2,22,23,24). The molecule has 1 aliphatic heterocycles. The second-order valence-electron chi connectivity index (χ2n) is 7.03. The Balaban J connectivity index is 1.80. The van der Waals surface area contributed by atoms with Gasteiger partial charge in [0.15, 0.2) is 5.96 Å². The van der Waals surface area contributed by atoms with Gasteiger partial charge in [-0.2, -0.15) is 17.5 Å². The van der Waals surface area contributed by atoms with Crippen LogP contribution in [-0.2, 0) is 16.6 Å². The highest BCUT2D eigenvalue weighted by Gasteiger charge is 2.50. The SMILES string of the molecule is CN=C(NCc1ccc(C)cc1C)NCC1CCN(S(=O)(=O)C(F)(F)F)CC1. The Morgan fingerprint density at radius 1 is 1.21 bits per heavy atom. The molecule has 0 saturated carbocycles. The molecule has 0 amide bonds. The minimum Gasteiger partial charge on any atom is -0.356 e. The molecule has 28 heavy (non-hydrogen) atoms.